The van der Waals surface area contributed by atoms with Gasteiger partial charge < -0.3 is 15.5 Å². The van der Waals surface area contributed by atoms with Crippen molar-refractivity contribution in [3.05, 3.63) is 35.4 Å². The van der Waals surface area contributed by atoms with E-state index < -0.39 is 23.6 Å². The van der Waals surface area contributed by atoms with Crippen LogP contribution in [0.2, 0.25) is 0 Å². The van der Waals surface area contributed by atoms with Gasteiger partial charge in [0.1, 0.15) is 11.6 Å². The summed E-state index contributed by atoms with van der Waals surface area (Å²) in [6.45, 7) is 4.54. The van der Waals surface area contributed by atoms with Gasteiger partial charge in [0.15, 0.2) is 0 Å². The van der Waals surface area contributed by atoms with Crippen molar-refractivity contribution in [3.8, 4) is 0 Å². The van der Waals surface area contributed by atoms with Gasteiger partial charge in [-0.3, -0.25) is 9.59 Å². The number of carbonyl (C=O) groups excluding carboxylic acids is 2. The number of likely N-dealkylation sites (tertiary alicyclic amines) is 1. The third-order valence-electron chi connectivity index (χ3n) is 5.48. The zero-order chi connectivity index (χ0) is 18.7. The van der Waals surface area contributed by atoms with E-state index in [4.69, 9.17) is 0 Å². The quantitative estimate of drug-likeness (QED) is 0.858. The van der Waals surface area contributed by atoms with Gasteiger partial charge >= 0.3 is 0 Å². The molecule has 2 N–H and O–H groups in total. The molecule has 1 aromatic rings. The van der Waals surface area contributed by atoms with Crippen LogP contribution in [0.1, 0.15) is 37.8 Å². The van der Waals surface area contributed by atoms with Crippen LogP contribution in [0.5, 0.6) is 0 Å². The van der Waals surface area contributed by atoms with Crippen LogP contribution < -0.4 is 10.6 Å². The van der Waals surface area contributed by atoms with E-state index in [0.29, 0.717) is 24.9 Å². The summed E-state index contributed by atoms with van der Waals surface area (Å²) in [6.07, 6.45) is 1.72. The van der Waals surface area contributed by atoms with Crippen molar-refractivity contribution in [1.29, 1.82) is 0 Å². The van der Waals surface area contributed by atoms with Crippen LogP contribution in [-0.2, 0) is 9.59 Å². The Morgan fingerprint density at radius 1 is 1.19 bits per heavy atom. The molecule has 2 fully saturated rings. The molecule has 142 valence electrons. The summed E-state index contributed by atoms with van der Waals surface area (Å²) in [7, 11) is 0. The van der Waals surface area contributed by atoms with Crippen LogP contribution in [0.4, 0.5) is 8.78 Å². The summed E-state index contributed by atoms with van der Waals surface area (Å²) >= 11 is 0. The smallest absolute Gasteiger partial charge is 0.224 e. The van der Waals surface area contributed by atoms with Crippen LogP contribution in [0, 0.1) is 23.5 Å². The van der Waals surface area contributed by atoms with E-state index in [-0.39, 0.29) is 17.9 Å². The van der Waals surface area contributed by atoms with E-state index in [2.05, 4.69) is 10.6 Å². The van der Waals surface area contributed by atoms with E-state index in [1.807, 2.05) is 0 Å². The first-order valence-corrected chi connectivity index (χ1v) is 9.15. The lowest BCUT2D eigenvalue weighted by molar-refractivity contribution is -0.132. The standard InChI is InChI=1S/C19H25F2N3O2/c1-12(25)23-17(19-15(20)3-2-4-16(19)21)9-18(26)24-7-5-13-10-22-11-14(13)6-8-24/h2-4,13-14,17,22H,5-11H2,1H3,(H,23,25)/t13-,14+,17?. The monoisotopic (exact) mass is 365 g/mol. The van der Waals surface area contributed by atoms with Crippen molar-refractivity contribution < 1.29 is 18.4 Å². The Bertz CT molecular complexity index is 648. The number of nitrogens with zero attached hydrogens (tertiary/aromatic N) is 1. The zero-order valence-corrected chi connectivity index (χ0v) is 14.9. The highest BCUT2D eigenvalue weighted by Crippen LogP contribution is 2.29. The van der Waals surface area contributed by atoms with Gasteiger partial charge in [0.05, 0.1) is 12.5 Å². The molecule has 3 atom stereocenters. The molecule has 2 heterocycles. The topological polar surface area (TPSA) is 61.4 Å². The number of benzene rings is 1. The first kappa shape index (κ1) is 18.8. The minimum absolute atomic E-state index is 0.148. The lowest BCUT2D eigenvalue weighted by Crippen LogP contribution is -2.37. The maximum Gasteiger partial charge on any atom is 0.224 e. The molecule has 0 spiro atoms. The normalized spacial score (nSPS) is 23.9. The van der Waals surface area contributed by atoms with E-state index >= 15 is 0 Å². The van der Waals surface area contributed by atoms with Gasteiger partial charge in [-0.25, -0.2) is 8.78 Å². The molecule has 0 aromatic heterocycles. The molecule has 0 bridgehead atoms. The largest absolute Gasteiger partial charge is 0.349 e. The van der Waals surface area contributed by atoms with Gasteiger partial charge in [-0.2, -0.15) is 0 Å². The van der Waals surface area contributed by atoms with Gasteiger partial charge in [0.25, 0.3) is 0 Å². The van der Waals surface area contributed by atoms with Crippen molar-refractivity contribution in [2.24, 2.45) is 11.8 Å². The molecule has 2 aliphatic heterocycles. The first-order chi connectivity index (χ1) is 12.5. The molecule has 1 aromatic carbocycles. The van der Waals surface area contributed by atoms with E-state index in [9.17, 15) is 18.4 Å². The Labute approximate surface area is 152 Å². The minimum Gasteiger partial charge on any atom is -0.349 e. The predicted molar refractivity (Wildman–Crippen MR) is 93.2 cm³/mol. The molecule has 3 rings (SSSR count). The average Bonchev–Trinajstić information content (AvgIpc) is 2.92. The van der Waals surface area contributed by atoms with Gasteiger partial charge in [-0.15, -0.1) is 0 Å². The number of nitrogens with one attached hydrogen (secondary N) is 2. The molecule has 1 unspecified atom stereocenters. The van der Waals surface area contributed by atoms with Crippen molar-refractivity contribution in [2.45, 2.75) is 32.2 Å². The van der Waals surface area contributed by atoms with Crippen LogP contribution in [0.15, 0.2) is 18.2 Å². The number of fused-ring (bicyclic) bond motifs is 1. The van der Waals surface area contributed by atoms with Crippen molar-refractivity contribution in [2.75, 3.05) is 26.2 Å². The molecule has 26 heavy (non-hydrogen) atoms. The van der Waals surface area contributed by atoms with Gasteiger partial charge in [0.2, 0.25) is 11.8 Å². The number of hydrogen-bond donors (Lipinski definition) is 2. The highest BCUT2D eigenvalue weighted by Gasteiger charge is 2.32. The maximum atomic E-state index is 14.1. The van der Waals surface area contributed by atoms with Gasteiger partial charge in [0, 0.05) is 25.6 Å². The van der Waals surface area contributed by atoms with E-state index in [0.717, 1.165) is 38.1 Å². The highest BCUT2D eigenvalue weighted by atomic mass is 19.1. The molecule has 0 saturated carbocycles. The van der Waals surface area contributed by atoms with Gasteiger partial charge in [-0.1, -0.05) is 6.07 Å². The molecule has 2 amide bonds. The SMILES string of the molecule is CC(=O)NC(CC(=O)N1CC[C@@H]2CNC[C@@H]2CC1)c1c(F)cccc1F. The molecular formula is C19H25F2N3O2. The Morgan fingerprint density at radius 2 is 1.77 bits per heavy atom. The number of rotatable bonds is 4. The average molecular weight is 365 g/mol. The number of amides is 2. The lowest BCUT2D eigenvalue weighted by atomic mass is 9.92. The number of carbonyl (C=O) groups is 2. The minimum atomic E-state index is -1.01. The van der Waals surface area contributed by atoms with Crippen LogP contribution in [-0.4, -0.2) is 42.9 Å². The summed E-state index contributed by atoms with van der Waals surface area (Å²) in [6, 6.07) is 2.53. The fraction of sp³-hybridized carbons (Fsp3) is 0.579. The van der Waals surface area contributed by atoms with Crippen LogP contribution in [0.3, 0.4) is 0 Å². The first-order valence-electron chi connectivity index (χ1n) is 9.15. The second-order valence-electron chi connectivity index (χ2n) is 7.23. The second kappa shape index (κ2) is 8.12. The third-order valence-corrected chi connectivity index (χ3v) is 5.48. The molecule has 0 radical (unpaired) electrons. The summed E-state index contributed by atoms with van der Waals surface area (Å²) < 4.78 is 28.3. The molecule has 2 aliphatic rings. The number of hydrogen-bond acceptors (Lipinski definition) is 3. The Kier molecular flexibility index (Phi) is 5.86. The highest BCUT2D eigenvalue weighted by molar-refractivity contribution is 5.79. The Morgan fingerprint density at radius 3 is 2.31 bits per heavy atom. The zero-order valence-electron chi connectivity index (χ0n) is 14.9. The number of halogens is 2. The summed E-state index contributed by atoms with van der Waals surface area (Å²) in [5.41, 5.74) is -0.257. The fourth-order valence-electron chi connectivity index (χ4n) is 4.09. The summed E-state index contributed by atoms with van der Waals surface area (Å²) in [4.78, 5) is 26.0. The van der Waals surface area contributed by atoms with Crippen molar-refractivity contribution in [3.63, 3.8) is 0 Å². The molecule has 7 heteroatoms. The summed E-state index contributed by atoms with van der Waals surface area (Å²) in [5.74, 6) is -0.951. The summed E-state index contributed by atoms with van der Waals surface area (Å²) in [5, 5.41) is 5.92. The molecule has 0 aliphatic carbocycles. The maximum absolute atomic E-state index is 14.1. The van der Waals surface area contributed by atoms with Crippen molar-refractivity contribution in [1.82, 2.24) is 15.5 Å². The lowest BCUT2D eigenvalue weighted by Gasteiger charge is -2.25. The van der Waals surface area contributed by atoms with E-state index in [1.165, 1.54) is 13.0 Å². The van der Waals surface area contributed by atoms with Crippen LogP contribution >= 0.6 is 0 Å². The van der Waals surface area contributed by atoms with Crippen molar-refractivity contribution >= 4 is 11.8 Å². The molecular weight excluding hydrogens is 340 g/mol. The molecule has 5 nitrogen and oxygen atoms in total. The third kappa shape index (κ3) is 4.20. The Hall–Kier alpha value is -2.02. The van der Waals surface area contributed by atoms with Crippen LogP contribution in [0.25, 0.3) is 0 Å². The van der Waals surface area contributed by atoms with E-state index in [1.54, 1.807) is 4.90 Å². The Balaban J connectivity index is 1.72. The molecule has 2 saturated heterocycles. The predicted octanol–water partition coefficient (Wildman–Crippen LogP) is 1.99. The van der Waals surface area contributed by atoms with Gasteiger partial charge in [-0.05, 0) is 49.9 Å². The fourth-order valence-corrected chi connectivity index (χ4v) is 4.09. The second-order valence-corrected chi connectivity index (χ2v) is 7.23.